The van der Waals surface area contributed by atoms with Gasteiger partial charge in [0.25, 0.3) is 0 Å². The second-order valence-electron chi connectivity index (χ2n) is 5.74. The standard InChI is InChI=1S/C16H24N2O6S/c1-11(16(19)17-10-12-5-4-8-24-12)18-25(20,21)13-6-7-14(22-2)15(9-13)23-3/h6-7,9,11-12,18H,4-5,8,10H2,1-3H3,(H,17,19)/t11-,12+/m1/s1. The highest BCUT2D eigenvalue weighted by Gasteiger charge is 2.24. The zero-order chi connectivity index (χ0) is 18.4. The Morgan fingerprint density at radius 2 is 2.04 bits per heavy atom. The third-order valence-electron chi connectivity index (χ3n) is 3.92. The predicted molar refractivity (Wildman–Crippen MR) is 91.3 cm³/mol. The molecule has 1 heterocycles. The van der Waals surface area contributed by atoms with E-state index in [2.05, 4.69) is 10.0 Å². The van der Waals surface area contributed by atoms with E-state index in [4.69, 9.17) is 14.2 Å². The van der Waals surface area contributed by atoms with E-state index in [1.165, 1.54) is 39.3 Å². The highest BCUT2D eigenvalue weighted by atomic mass is 32.2. The van der Waals surface area contributed by atoms with Crippen molar-refractivity contribution in [3.05, 3.63) is 18.2 Å². The van der Waals surface area contributed by atoms with Gasteiger partial charge in [0.05, 0.1) is 31.3 Å². The molecule has 140 valence electrons. The molecular weight excluding hydrogens is 348 g/mol. The van der Waals surface area contributed by atoms with Gasteiger partial charge in [0.2, 0.25) is 15.9 Å². The molecule has 1 aromatic carbocycles. The molecule has 0 unspecified atom stereocenters. The zero-order valence-corrected chi connectivity index (χ0v) is 15.4. The number of rotatable bonds is 8. The third-order valence-corrected chi connectivity index (χ3v) is 5.46. The molecule has 0 aromatic heterocycles. The van der Waals surface area contributed by atoms with Crippen molar-refractivity contribution in [1.29, 1.82) is 0 Å². The van der Waals surface area contributed by atoms with Crippen molar-refractivity contribution in [1.82, 2.24) is 10.0 Å². The van der Waals surface area contributed by atoms with Crippen LogP contribution in [0, 0.1) is 0 Å². The number of hydrogen-bond donors (Lipinski definition) is 2. The number of carbonyl (C=O) groups excluding carboxylic acids is 1. The monoisotopic (exact) mass is 372 g/mol. The number of methoxy groups -OCH3 is 2. The first-order valence-corrected chi connectivity index (χ1v) is 9.49. The minimum atomic E-state index is -3.88. The molecule has 1 saturated heterocycles. The van der Waals surface area contributed by atoms with Crippen LogP contribution in [0.3, 0.4) is 0 Å². The Morgan fingerprint density at radius 3 is 2.64 bits per heavy atom. The maximum Gasteiger partial charge on any atom is 0.241 e. The van der Waals surface area contributed by atoms with E-state index in [1.807, 2.05) is 0 Å². The molecule has 1 amide bonds. The molecule has 2 N–H and O–H groups in total. The quantitative estimate of drug-likeness (QED) is 0.695. The van der Waals surface area contributed by atoms with Crippen LogP contribution in [0.15, 0.2) is 23.1 Å². The average Bonchev–Trinajstić information content (AvgIpc) is 3.12. The first-order chi connectivity index (χ1) is 11.9. The first kappa shape index (κ1) is 19.5. The Bertz CT molecular complexity index is 701. The lowest BCUT2D eigenvalue weighted by molar-refractivity contribution is -0.122. The van der Waals surface area contributed by atoms with Crippen molar-refractivity contribution >= 4 is 15.9 Å². The van der Waals surface area contributed by atoms with Crippen molar-refractivity contribution in [3.8, 4) is 11.5 Å². The smallest absolute Gasteiger partial charge is 0.241 e. The van der Waals surface area contributed by atoms with Gasteiger partial charge in [-0.1, -0.05) is 0 Å². The molecule has 9 heteroatoms. The van der Waals surface area contributed by atoms with Crippen LogP contribution < -0.4 is 19.5 Å². The van der Waals surface area contributed by atoms with Crippen LogP contribution in [0.1, 0.15) is 19.8 Å². The molecule has 25 heavy (non-hydrogen) atoms. The number of ether oxygens (including phenoxy) is 3. The fraction of sp³-hybridized carbons (Fsp3) is 0.562. The lowest BCUT2D eigenvalue weighted by Gasteiger charge is -2.17. The maximum absolute atomic E-state index is 12.5. The van der Waals surface area contributed by atoms with Crippen LogP contribution in [0.4, 0.5) is 0 Å². The van der Waals surface area contributed by atoms with E-state index in [-0.39, 0.29) is 11.0 Å². The van der Waals surface area contributed by atoms with Crippen molar-refractivity contribution in [2.75, 3.05) is 27.4 Å². The summed E-state index contributed by atoms with van der Waals surface area (Å²) in [6, 6.07) is 3.31. The van der Waals surface area contributed by atoms with Crippen molar-refractivity contribution in [3.63, 3.8) is 0 Å². The largest absolute Gasteiger partial charge is 0.493 e. The molecule has 0 radical (unpaired) electrons. The summed E-state index contributed by atoms with van der Waals surface area (Å²) in [5.41, 5.74) is 0. The molecule has 8 nitrogen and oxygen atoms in total. The number of nitrogens with one attached hydrogen (secondary N) is 2. The number of carbonyl (C=O) groups is 1. The van der Waals surface area contributed by atoms with Gasteiger partial charge in [-0.05, 0) is 31.9 Å². The Labute approximate surface area is 147 Å². The van der Waals surface area contributed by atoms with E-state index in [0.29, 0.717) is 24.7 Å². The van der Waals surface area contributed by atoms with Gasteiger partial charge < -0.3 is 19.5 Å². The molecule has 0 saturated carbocycles. The van der Waals surface area contributed by atoms with Gasteiger partial charge in [0, 0.05) is 19.2 Å². The van der Waals surface area contributed by atoms with E-state index < -0.39 is 22.0 Å². The number of benzene rings is 1. The van der Waals surface area contributed by atoms with E-state index in [0.717, 1.165) is 12.8 Å². The van der Waals surface area contributed by atoms with E-state index >= 15 is 0 Å². The summed E-state index contributed by atoms with van der Waals surface area (Å²) in [4.78, 5) is 12.1. The minimum Gasteiger partial charge on any atom is -0.493 e. The zero-order valence-electron chi connectivity index (χ0n) is 14.6. The Hall–Kier alpha value is -1.84. The van der Waals surface area contributed by atoms with Gasteiger partial charge in [-0.15, -0.1) is 0 Å². The van der Waals surface area contributed by atoms with E-state index in [9.17, 15) is 13.2 Å². The summed E-state index contributed by atoms with van der Waals surface area (Å²) in [6.07, 6.45) is 1.87. The summed E-state index contributed by atoms with van der Waals surface area (Å²) in [6.45, 7) is 2.56. The van der Waals surface area contributed by atoms with Crippen molar-refractivity contribution < 1.29 is 27.4 Å². The SMILES string of the molecule is COc1ccc(S(=O)(=O)N[C@H](C)C(=O)NC[C@@H]2CCCO2)cc1OC. The molecule has 1 aliphatic heterocycles. The number of sulfonamides is 1. The number of hydrogen-bond acceptors (Lipinski definition) is 6. The molecule has 0 aliphatic carbocycles. The van der Waals surface area contributed by atoms with Crippen LogP contribution in [0.2, 0.25) is 0 Å². The van der Waals surface area contributed by atoms with Crippen molar-refractivity contribution in [2.45, 2.75) is 36.8 Å². The topological polar surface area (TPSA) is 103 Å². The molecule has 2 atom stereocenters. The fourth-order valence-electron chi connectivity index (χ4n) is 2.51. The van der Waals surface area contributed by atoms with Crippen LogP contribution in [0.5, 0.6) is 11.5 Å². The van der Waals surface area contributed by atoms with Gasteiger partial charge in [0.15, 0.2) is 11.5 Å². The second-order valence-corrected chi connectivity index (χ2v) is 7.45. The van der Waals surface area contributed by atoms with Gasteiger partial charge in [-0.2, -0.15) is 4.72 Å². The maximum atomic E-state index is 12.5. The predicted octanol–water partition coefficient (Wildman–Crippen LogP) is 0.666. The minimum absolute atomic E-state index is 0.00129. The van der Waals surface area contributed by atoms with Gasteiger partial charge in [-0.3, -0.25) is 4.79 Å². The summed E-state index contributed by atoms with van der Waals surface area (Å²) in [5, 5.41) is 2.70. The Morgan fingerprint density at radius 1 is 1.32 bits per heavy atom. The average molecular weight is 372 g/mol. The molecule has 0 spiro atoms. The Balaban J connectivity index is 2.00. The van der Waals surface area contributed by atoms with Crippen LogP contribution >= 0.6 is 0 Å². The highest BCUT2D eigenvalue weighted by Crippen LogP contribution is 2.29. The lowest BCUT2D eigenvalue weighted by atomic mass is 10.2. The van der Waals surface area contributed by atoms with Gasteiger partial charge >= 0.3 is 0 Å². The fourth-order valence-corrected chi connectivity index (χ4v) is 3.73. The van der Waals surface area contributed by atoms with Crippen LogP contribution in [-0.2, 0) is 19.6 Å². The summed E-state index contributed by atoms with van der Waals surface area (Å²) in [7, 11) is -0.995. The second kappa shape index (κ2) is 8.50. The third kappa shape index (κ3) is 5.07. The molecule has 1 aromatic rings. The summed E-state index contributed by atoms with van der Waals surface area (Å²) in [5.74, 6) is 0.309. The normalized spacial score (nSPS) is 18.6. The molecule has 0 bridgehead atoms. The number of amides is 1. The highest BCUT2D eigenvalue weighted by molar-refractivity contribution is 7.89. The van der Waals surface area contributed by atoms with E-state index in [1.54, 1.807) is 0 Å². The molecular formula is C16H24N2O6S. The molecule has 2 rings (SSSR count). The van der Waals surface area contributed by atoms with Gasteiger partial charge in [-0.25, -0.2) is 8.42 Å². The first-order valence-electron chi connectivity index (χ1n) is 8.01. The van der Waals surface area contributed by atoms with Crippen LogP contribution in [-0.4, -0.2) is 53.8 Å². The van der Waals surface area contributed by atoms with Crippen LogP contribution in [0.25, 0.3) is 0 Å². The van der Waals surface area contributed by atoms with Crippen molar-refractivity contribution in [2.24, 2.45) is 0 Å². The summed E-state index contributed by atoms with van der Waals surface area (Å²) < 4.78 is 42.9. The molecule has 1 aliphatic rings. The Kier molecular flexibility index (Phi) is 6.63. The molecule has 1 fully saturated rings. The lowest BCUT2D eigenvalue weighted by Crippen LogP contribution is -2.46. The summed E-state index contributed by atoms with van der Waals surface area (Å²) >= 11 is 0. The van der Waals surface area contributed by atoms with Gasteiger partial charge in [0.1, 0.15) is 0 Å².